The smallest absolute Gasteiger partial charge is 0.272 e. The first-order chi connectivity index (χ1) is 12.3. The summed E-state index contributed by atoms with van der Waals surface area (Å²) in [7, 11) is -3.58. The Hall–Kier alpha value is -2.38. The lowest BCUT2D eigenvalue weighted by molar-refractivity contribution is 0.592. The topological polar surface area (TPSA) is 71.1 Å². The summed E-state index contributed by atoms with van der Waals surface area (Å²) in [4.78, 5) is 4.21. The molecule has 0 aliphatic rings. The standard InChI is InChI=1S/C19H21N3O2S2/c1-19(2,3)15-7-4-5-8-16(15)21-14-10-11-17(20-13-14)22-26(23,24)18-9-6-12-25-18/h4-13,21H,1-3H3,(H,20,22). The first-order valence-electron chi connectivity index (χ1n) is 8.15. The second kappa shape index (κ2) is 7.09. The zero-order valence-electron chi connectivity index (χ0n) is 14.9. The molecule has 0 fully saturated rings. The van der Waals surface area contributed by atoms with Crippen LogP contribution in [0.1, 0.15) is 26.3 Å². The Bertz CT molecular complexity index is 974. The lowest BCUT2D eigenvalue weighted by Gasteiger charge is -2.23. The number of nitrogens with zero attached hydrogens (tertiary/aromatic N) is 1. The number of sulfonamides is 1. The lowest BCUT2D eigenvalue weighted by Crippen LogP contribution is -2.14. The van der Waals surface area contributed by atoms with E-state index in [0.717, 1.165) is 11.4 Å². The van der Waals surface area contributed by atoms with Gasteiger partial charge in [-0.1, -0.05) is 45.0 Å². The van der Waals surface area contributed by atoms with E-state index in [-0.39, 0.29) is 15.4 Å². The number of benzene rings is 1. The van der Waals surface area contributed by atoms with Crippen LogP contribution in [0.2, 0.25) is 0 Å². The van der Waals surface area contributed by atoms with Crippen LogP contribution in [0, 0.1) is 0 Å². The molecule has 0 aliphatic carbocycles. The Morgan fingerprint density at radius 2 is 1.77 bits per heavy atom. The zero-order valence-corrected chi connectivity index (χ0v) is 16.5. The summed E-state index contributed by atoms with van der Waals surface area (Å²) >= 11 is 1.17. The monoisotopic (exact) mass is 387 g/mol. The van der Waals surface area contributed by atoms with Gasteiger partial charge in [-0.15, -0.1) is 11.3 Å². The molecule has 2 N–H and O–H groups in total. The van der Waals surface area contributed by atoms with Crippen LogP contribution in [0.5, 0.6) is 0 Å². The number of nitrogens with one attached hydrogen (secondary N) is 2. The summed E-state index contributed by atoms with van der Waals surface area (Å²) in [5.74, 6) is 0.285. The van der Waals surface area contributed by atoms with Gasteiger partial charge in [-0.25, -0.2) is 13.4 Å². The van der Waals surface area contributed by atoms with Crippen molar-refractivity contribution in [3.63, 3.8) is 0 Å². The van der Waals surface area contributed by atoms with E-state index in [1.807, 2.05) is 18.2 Å². The van der Waals surface area contributed by atoms with Crippen LogP contribution in [0.15, 0.2) is 64.3 Å². The third-order valence-corrected chi connectivity index (χ3v) is 6.53. The van der Waals surface area contributed by atoms with Gasteiger partial charge in [-0.05, 0) is 40.6 Å². The number of thiophene rings is 1. The van der Waals surface area contributed by atoms with Crippen molar-refractivity contribution in [2.45, 2.75) is 30.4 Å². The number of para-hydroxylation sites is 1. The van der Waals surface area contributed by atoms with Crippen LogP contribution < -0.4 is 10.0 Å². The minimum atomic E-state index is -3.58. The Balaban J connectivity index is 1.77. The zero-order chi connectivity index (χ0) is 18.8. The van der Waals surface area contributed by atoms with Crippen LogP contribution in [-0.4, -0.2) is 13.4 Å². The quantitative estimate of drug-likeness (QED) is 0.647. The normalized spacial score (nSPS) is 12.0. The Kier molecular flexibility index (Phi) is 5.02. The molecule has 5 nitrogen and oxygen atoms in total. The van der Waals surface area contributed by atoms with E-state index in [4.69, 9.17) is 0 Å². The molecule has 2 aromatic heterocycles. The molecule has 3 aromatic rings. The average Bonchev–Trinajstić information content (AvgIpc) is 3.11. The van der Waals surface area contributed by atoms with Gasteiger partial charge in [0.05, 0.1) is 11.9 Å². The Labute approximate surface area is 158 Å². The molecule has 0 aliphatic heterocycles. The third kappa shape index (κ3) is 4.23. The van der Waals surface area contributed by atoms with E-state index < -0.39 is 10.0 Å². The van der Waals surface area contributed by atoms with Gasteiger partial charge < -0.3 is 5.32 Å². The van der Waals surface area contributed by atoms with E-state index >= 15 is 0 Å². The molecular weight excluding hydrogens is 366 g/mol. The van der Waals surface area contributed by atoms with E-state index in [2.05, 4.69) is 41.9 Å². The third-order valence-electron chi connectivity index (χ3n) is 3.78. The minimum Gasteiger partial charge on any atom is -0.354 e. The molecular formula is C19H21N3O2S2. The number of rotatable bonds is 5. The SMILES string of the molecule is CC(C)(C)c1ccccc1Nc1ccc(NS(=O)(=O)c2cccs2)nc1. The number of pyridine rings is 1. The summed E-state index contributed by atoms with van der Waals surface area (Å²) in [5, 5.41) is 5.08. The van der Waals surface area contributed by atoms with Crippen molar-refractivity contribution in [1.82, 2.24) is 4.98 Å². The van der Waals surface area contributed by atoms with Gasteiger partial charge in [0.2, 0.25) is 0 Å². The highest BCUT2D eigenvalue weighted by Gasteiger charge is 2.18. The molecule has 0 unspecified atom stereocenters. The molecule has 3 rings (SSSR count). The predicted octanol–water partition coefficient (Wildman–Crippen LogP) is 4.99. The Morgan fingerprint density at radius 1 is 1.00 bits per heavy atom. The van der Waals surface area contributed by atoms with Crippen molar-refractivity contribution in [2.24, 2.45) is 0 Å². The molecule has 0 saturated carbocycles. The van der Waals surface area contributed by atoms with Gasteiger partial charge in [0.1, 0.15) is 10.0 Å². The van der Waals surface area contributed by atoms with Crippen molar-refractivity contribution in [3.8, 4) is 0 Å². The largest absolute Gasteiger partial charge is 0.354 e. The maximum Gasteiger partial charge on any atom is 0.272 e. The predicted molar refractivity (Wildman–Crippen MR) is 108 cm³/mol. The van der Waals surface area contributed by atoms with Gasteiger partial charge in [-0.3, -0.25) is 4.72 Å². The first kappa shape index (κ1) is 18.4. The number of hydrogen-bond donors (Lipinski definition) is 2. The van der Waals surface area contributed by atoms with Gasteiger partial charge in [-0.2, -0.15) is 0 Å². The number of hydrogen-bond acceptors (Lipinski definition) is 5. The molecule has 1 aromatic carbocycles. The summed E-state index contributed by atoms with van der Waals surface area (Å²) in [6.07, 6.45) is 1.62. The van der Waals surface area contributed by atoms with Crippen molar-refractivity contribution in [2.75, 3.05) is 10.0 Å². The molecule has 0 bridgehead atoms. The van der Waals surface area contributed by atoms with Gasteiger partial charge >= 0.3 is 0 Å². The van der Waals surface area contributed by atoms with Crippen LogP contribution in [-0.2, 0) is 15.4 Å². The van der Waals surface area contributed by atoms with E-state index in [1.165, 1.54) is 16.9 Å². The van der Waals surface area contributed by atoms with Gasteiger partial charge in [0, 0.05) is 5.69 Å². The molecule has 0 amide bonds. The lowest BCUT2D eigenvalue weighted by atomic mass is 9.86. The van der Waals surface area contributed by atoms with Crippen molar-refractivity contribution in [3.05, 3.63) is 65.7 Å². The molecule has 0 saturated heterocycles. The highest BCUT2D eigenvalue weighted by atomic mass is 32.2. The van der Waals surface area contributed by atoms with Crippen molar-refractivity contribution >= 4 is 38.6 Å². The molecule has 0 spiro atoms. The fourth-order valence-electron chi connectivity index (χ4n) is 2.53. The van der Waals surface area contributed by atoms with E-state index in [9.17, 15) is 8.42 Å². The first-order valence-corrected chi connectivity index (χ1v) is 10.5. The summed E-state index contributed by atoms with van der Waals surface area (Å²) in [5.41, 5.74) is 3.00. The molecule has 0 radical (unpaired) electrons. The maximum absolute atomic E-state index is 12.2. The van der Waals surface area contributed by atoms with Crippen LogP contribution in [0.25, 0.3) is 0 Å². The highest BCUT2D eigenvalue weighted by Crippen LogP contribution is 2.31. The van der Waals surface area contributed by atoms with Crippen LogP contribution in [0.3, 0.4) is 0 Å². The van der Waals surface area contributed by atoms with E-state index in [0.29, 0.717) is 0 Å². The fraction of sp³-hybridized carbons (Fsp3) is 0.211. The molecule has 7 heteroatoms. The summed E-state index contributed by atoms with van der Waals surface area (Å²) < 4.78 is 27.2. The fourth-order valence-corrected chi connectivity index (χ4v) is 4.54. The minimum absolute atomic E-state index is 0.00725. The highest BCUT2D eigenvalue weighted by molar-refractivity contribution is 7.94. The van der Waals surface area contributed by atoms with Gasteiger partial charge in [0.15, 0.2) is 0 Å². The van der Waals surface area contributed by atoms with Gasteiger partial charge in [0.25, 0.3) is 10.0 Å². The maximum atomic E-state index is 12.2. The molecule has 0 atom stereocenters. The summed E-state index contributed by atoms with van der Waals surface area (Å²) in [6.45, 7) is 6.48. The van der Waals surface area contributed by atoms with E-state index in [1.54, 1.807) is 35.8 Å². The van der Waals surface area contributed by atoms with Crippen molar-refractivity contribution in [1.29, 1.82) is 0 Å². The number of anilines is 3. The number of aromatic nitrogens is 1. The second-order valence-electron chi connectivity index (χ2n) is 6.89. The summed E-state index contributed by atoms with van der Waals surface area (Å²) in [6, 6.07) is 14.8. The Morgan fingerprint density at radius 3 is 2.38 bits per heavy atom. The van der Waals surface area contributed by atoms with Crippen LogP contribution in [0.4, 0.5) is 17.2 Å². The van der Waals surface area contributed by atoms with Crippen molar-refractivity contribution < 1.29 is 8.42 Å². The molecule has 136 valence electrons. The second-order valence-corrected chi connectivity index (χ2v) is 9.75. The van der Waals surface area contributed by atoms with Crippen LogP contribution >= 0.6 is 11.3 Å². The average molecular weight is 388 g/mol. The molecule has 26 heavy (non-hydrogen) atoms. The molecule has 2 heterocycles.